The highest BCUT2D eigenvalue weighted by molar-refractivity contribution is 7.90. The van der Waals surface area contributed by atoms with Crippen LogP contribution in [0.2, 0.25) is 0 Å². The second kappa shape index (κ2) is 11.4. The highest BCUT2D eigenvalue weighted by Crippen LogP contribution is 2.22. The Morgan fingerprint density at radius 1 is 1.07 bits per heavy atom. The van der Waals surface area contributed by atoms with Crippen LogP contribution in [-0.2, 0) is 20.0 Å². The van der Waals surface area contributed by atoms with Crippen molar-refractivity contribution in [3.63, 3.8) is 0 Å². The SMILES string of the molecule is CNCCNC(=O)C(CCS(C)(=O)=O)NC(=O)c1ccc(C(C)(C)C)cc1.Cl. The summed E-state index contributed by atoms with van der Waals surface area (Å²) in [5.74, 6) is -0.980. The standard InChI is InChI=1S/C19H31N3O4S.ClH/c1-19(2,3)15-8-6-14(7-9-15)17(23)22-16(10-13-27(5,25)26)18(24)21-12-11-20-4;/h6-9,16,20H,10-13H2,1-5H3,(H,21,24)(H,22,23);1H. The van der Waals surface area contributed by atoms with Gasteiger partial charge in [-0.2, -0.15) is 0 Å². The lowest BCUT2D eigenvalue weighted by Gasteiger charge is -2.20. The van der Waals surface area contributed by atoms with E-state index in [2.05, 4.69) is 36.7 Å². The molecule has 9 heteroatoms. The van der Waals surface area contributed by atoms with Crippen LogP contribution in [0.25, 0.3) is 0 Å². The topological polar surface area (TPSA) is 104 Å². The molecule has 0 aliphatic carbocycles. The minimum atomic E-state index is -3.24. The second-order valence-corrected chi connectivity index (χ2v) is 9.93. The van der Waals surface area contributed by atoms with Crippen LogP contribution in [0.1, 0.15) is 43.1 Å². The van der Waals surface area contributed by atoms with Gasteiger partial charge in [0.1, 0.15) is 15.9 Å². The summed E-state index contributed by atoms with van der Waals surface area (Å²) in [5, 5.41) is 8.25. The van der Waals surface area contributed by atoms with E-state index < -0.39 is 27.7 Å². The predicted molar refractivity (Wildman–Crippen MR) is 115 cm³/mol. The van der Waals surface area contributed by atoms with Gasteiger partial charge < -0.3 is 16.0 Å². The Morgan fingerprint density at radius 3 is 2.11 bits per heavy atom. The summed E-state index contributed by atoms with van der Waals surface area (Å²) in [7, 11) is -1.48. The number of rotatable bonds is 9. The summed E-state index contributed by atoms with van der Waals surface area (Å²) in [5.41, 5.74) is 1.49. The molecular formula is C19H32ClN3O4S. The molecule has 0 aromatic heterocycles. The summed E-state index contributed by atoms with van der Waals surface area (Å²) in [4.78, 5) is 24.9. The van der Waals surface area contributed by atoms with Crippen molar-refractivity contribution in [3.8, 4) is 0 Å². The molecule has 0 saturated carbocycles. The van der Waals surface area contributed by atoms with Gasteiger partial charge in [0.15, 0.2) is 0 Å². The Bertz CT molecular complexity index is 743. The number of sulfone groups is 1. The average Bonchev–Trinajstić information content (AvgIpc) is 2.57. The van der Waals surface area contributed by atoms with E-state index in [4.69, 9.17) is 0 Å². The Balaban J connectivity index is 0.00000729. The van der Waals surface area contributed by atoms with Crippen LogP contribution in [0.4, 0.5) is 0 Å². The summed E-state index contributed by atoms with van der Waals surface area (Å²) in [6.07, 6.45) is 1.13. The van der Waals surface area contributed by atoms with Crippen molar-refractivity contribution in [2.45, 2.75) is 38.6 Å². The number of likely N-dealkylation sites (N-methyl/N-ethyl adjacent to an activating group) is 1. The number of hydrogen-bond acceptors (Lipinski definition) is 5. The highest BCUT2D eigenvalue weighted by atomic mass is 35.5. The molecule has 0 spiro atoms. The zero-order valence-corrected chi connectivity index (χ0v) is 18.8. The van der Waals surface area contributed by atoms with Gasteiger partial charge >= 0.3 is 0 Å². The molecule has 0 aliphatic rings. The lowest BCUT2D eigenvalue weighted by Crippen LogP contribution is -2.48. The predicted octanol–water partition coefficient (Wildman–Crippen LogP) is 1.27. The number of halogens is 1. The average molecular weight is 434 g/mol. The number of hydrogen-bond donors (Lipinski definition) is 3. The molecule has 1 aromatic rings. The third-order valence-corrected chi connectivity index (χ3v) is 5.06. The largest absolute Gasteiger partial charge is 0.353 e. The number of carbonyl (C=O) groups excluding carboxylic acids is 2. The van der Waals surface area contributed by atoms with E-state index in [0.717, 1.165) is 11.8 Å². The first-order valence-corrected chi connectivity index (χ1v) is 11.0. The van der Waals surface area contributed by atoms with Crippen molar-refractivity contribution >= 4 is 34.1 Å². The monoisotopic (exact) mass is 433 g/mol. The van der Waals surface area contributed by atoms with E-state index in [9.17, 15) is 18.0 Å². The maximum absolute atomic E-state index is 12.5. The molecule has 7 nitrogen and oxygen atoms in total. The van der Waals surface area contributed by atoms with Gasteiger partial charge in [0.2, 0.25) is 5.91 Å². The molecule has 1 atom stereocenters. The van der Waals surface area contributed by atoms with Crippen LogP contribution >= 0.6 is 12.4 Å². The number of carbonyl (C=O) groups is 2. The zero-order valence-electron chi connectivity index (χ0n) is 17.2. The normalized spacial score (nSPS) is 12.6. The van der Waals surface area contributed by atoms with Crippen LogP contribution in [0.3, 0.4) is 0 Å². The van der Waals surface area contributed by atoms with E-state index in [1.54, 1.807) is 19.2 Å². The zero-order chi connectivity index (χ0) is 20.7. The summed E-state index contributed by atoms with van der Waals surface area (Å²) in [6, 6.07) is 6.28. The Hall–Kier alpha value is -1.64. The Labute approximate surface area is 174 Å². The van der Waals surface area contributed by atoms with Crippen molar-refractivity contribution in [3.05, 3.63) is 35.4 Å². The van der Waals surface area contributed by atoms with Gasteiger partial charge in [-0.25, -0.2) is 8.42 Å². The first-order valence-electron chi connectivity index (χ1n) is 8.95. The molecule has 0 bridgehead atoms. The van der Waals surface area contributed by atoms with E-state index >= 15 is 0 Å². The van der Waals surface area contributed by atoms with Gasteiger partial charge in [0, 0.05) is 24.9 Å². The maximum Gasteiger partial charge on any atom is 0.251 e. The second-order valence-electron chi connectivity index (χ2n) is 7.67. The lowest BCUT2D eigenvalue weighted by atomic mass is 9.86. The van der Waals surface area contributed by atoms with Gasteiger partial charge in [-0.05, 0) is 36.6 Å². The van der Waals surface area contributed by atoms with Gasteiger partial charge in [-0.1, -0.05) is 32.9 Å². The molecule has 2 amide bonds. The lowest BCUT2D eigenvalue weighted by molar-refractivity contribution is -0.122. The van der Waals surface area contributed by atoms with Crippen LogP contribution in [0.5, 0.6) is 0 Å². The number of amides is 2. The highest BCUT2D eigenvalue weighted by Gasteiger charge is 2.23. The van der Waals surface area contributed by atoms with Crippen molar-refractivity contribution in [1.82, 2.24) is 16.0 Å². The third kappa shape index (κ3) is 9.52. The molecule has 0 fully saturated rings. The van der Waals surface area contributed by atoms with Crippen molar-refractivity contribution in [2.24, 2.45) is 0 Å². The third-order valence-electron chi connectivity index (χ3n) is 4.09. The van der Waals surface area contributed by atoms with Crippen molar-refractivity contribution in [2.75, 3.05) is 32.1 Å². The fourth-order valence-electron chi connectivity index (χ4n) is 2.40. The molecule has 1 unspecified atom stereocenters. The molecule has 0 radical (unpaired) electrons. The molecule has 3 N–H and O–H groups in total. The molecule has 0 heterocycles. The summed E-state index contributed by atoms with van der Waals surface area (Å²) < 4.78 is 22.9. The molecule has 28 heavy (non-hydrogen) atoms. The minimum Gasteiger partial charge on any atom is -0.353 e. The summed E-state index contributed by atoms with van der Waals surface area (Å²) in [6.45, 7) is 7.21. The smallest absolute Gasteiger partial charge is 0.251 e. The van der Waals surface area contributed by atoms with Gasteiger partial charge in [0.25, 0.3) is 5.91 Å². The van der Waals surface area contributed by atoms with Crippen molar-refractivity contribution in [1.29, 1.82) is 0 Å². The fraction of sp³-hybridized carbons (Fsp3) is 0.579. The van der Waals surface area contributed by atoms with Crippen LogP contribution in [0, 0.1) is 0 Å². The first kappa shape index (κ1) is 26.4. The van der Waals surface area contributed by atoms with E-state index in [0.29, 0.717) is 18.7 Å². The van der Waals surface area contributed by atoms with Gasteiger partial charge in [-0.15, -0.1) is 12.4 Å². The van der Waals surface area contributed by atoms with Crippen LogP contribution in [-0.4, -0.2) is 58.4 Å². The fourth-order valence-corrected chi connectivity index (χ4v) is 3.06. The first-order chi connectivity index (χ1) is 12.4. The Kier molecular flexibility index (Phi) is 10.7. The van der Waals surface area contributed by atoms with Crippen LogP contribution in [0.15, 0.2) is 24.3 Å². The molecular weight excluding hydrogens is 402 g/mol. The molecule has 1 rings (SSSR count). The van der Waals surface area contributed by atoms with Crippen LogP contribution < -0.4 is 16.0 Å². The van der Waals surface area contributed by atoms with E-state index in [1.807, 2.05) is 12.1 Å². The molecule has 0 aliphatic heterocycles. The van der Waals surface area contributed by atoms with Crippen molar-refractivity contribution < 1.29 is 18.0 Å². The Morgan fingerprint density at radius 2 is 1.64 bits per heavy atom. The van der Waals surface area contributed by atoms with Gasteiger partial charge in [-0.3, -0.25) is 9.59 Å². The number of nitrogens with one attached hydrogen (secondary N) is 3. The maximum atomic E-state index is 12.5. The molecule has 0 saturated heterocycles. The quantitative estimate of drug-likeness (QED) is 0.509. The summed E-state index contributed by atoms with van der Waals surface area (Å²) >= 11 is 0. The molecule has 160 valence electrons. The minimum absolute atomic E-state index is 0. The van der Waals surface area contributed by atoms with Gasteiger partial charge in [0.05, 0.1) is 5.75 Å². The number of benzene rings is 1. The molecule has 1 aromatic carbocycles. The van der Waals surface area contributed by atoms with E-state index in [-0.39, 0.29) is 30.0 Å². The van der Waals surface area contributed by atoms with E-state index in [1.165, 1.54) is 0 Å².